The van der Waals surface area contributed by atoms with Crippen LogP contribution in [0.3, 0.4) is 0 Å². The average molecular weight is 197 g/mol. The Morgan fingerprint density at radius 3 is 2.71 bits per heavy atom. The van der Waals surface area contributed by atoms with Gasteiger partial charge in [-0.15, -0.1) is 6.58 Å². The monoisotopic (exact) mass is 197 g/mol. The lowest BCUT2D eigenvalue weighted by Gasteiger charge is -2.07. The predicted molar refractivity (Wildman–Crippen MR) is 54.4 cm³/mol. The third kappa shape index (κ3) is 2.55. The van der Waals surface area contributed by atoms with E-state index in [0.717, 1.165) is 6.42 Å². The molecule has 0 amide bonds. The molecule has 76 valence electrons. The Labute approximate surface area is 82.4 Å². The van der Waals surface area contributed by atoms with E-state index in [0.29, 0.717) is 12.1 Å². The normalized spacial score (nSPS) is 9.93. The van der Waals surface area contributed by atoms with E-state index in [1.807, 2.05) is 0 Å². The molecule has 1 rings (SSSR count). The van der Waals surface area contributed by atoms with Crippen LogP contribution in [-0.4, -0.2) is 6.54 Å². The van der Waals surface area contributed by atoms with E-state index in [2.05, 4.69) is 11.9 Å². The van der Waals surface area contributed by atoms with Crippen molar-refractivity contribution in [1.29, 1.82) is 0 Å². The molecule has 0 aliphatic heterocycles. The average Bonchev–Trinajstić information content (AvgIpc) is 2.14. The van der Waals surface area contributed by atoms with Crippen LogP contribution in [0.1, 0.15) is 12.0 Å². The Morgan fingerprint density at radius 1 is 1.36 bits per heavy atom. The smallest absolute Gasteiger partial charge is 0.146 e. The van der Waals surface area contributed by atoms with Crippen LogP contribution < -0.4 is 5.32 Å². The summed E-state index contributed by atoms with van der Waals surface area (Å²) in [5, 5.41) is 2.80. The minimum atomic E-state index is -0.423. The fraction of sp³-hybridized carbons (Fsp3) is 0.273. The lowest BCUT2D eigenvalue weighted by Crippen LogP contribution is -2.03. The Hall–Kier alpha value is -1.38. The van der Waals surface area contributed by atoms with E-state index in [1.165, 1.54) is 19.1 Å². The summed E-state index contributed by atoms with van der Waals surface area (Å²) in [5.74, 6) is -0.819. The molecular formula is C11H13F2N. The lowest BCUT2D eigenvalue weighted by atomic mass is 10.2. The fourth-order valence-electron chi connectivity index (χ4n) is 1.09. The summed E-state index contributed by atoms with van der Waals surface area (Å²) in [4.78, 5) is 0. The maximum absolute atomic E-state index is 13.2. The van der Waals surface area contributed by atoms with Crippen molar-refractivity contribution in [1.82, 2.24) is 0 Å². The molecule has 0 saturated carbocycles. The van der Waals surface area contributed by atoms with Crippen LogP contribution in [0, 0.1) is 18.6 Å². The Bertz CT molecular complexity index is 334. The molecule has 0 atom stereocenters. The van der Waals surface area contributed by atoms with E-state index < -0.39 is 11.6 Å². The van der Waals surface area contributed by atoms with Gasteiger partial charge in [0.05, 0.1) is 5.69 Å². The number of halogens is 2. The Kier molecular flexibility index (Phi) is 3.63. The number of aryl methyl sites for hydroxylation is 1. The second-order valence-electron chi connectivity index (χ2n) is 3.09. The summed E-state index contributed by atoms with van der Waals surface area (Å²) >= 11 is 0. The first kappa shape index (κ1) is 10.7. The molecule has 1 N–H and O–H groups in total. The van der Waals surface area contributed by atoms with Gasteiger partial charge in [0, 0.05) is 12.6 Å². The zero-order valence-corrected chi connectivity index (χ0v) is 8.11. The highest BCUT2D eigenvalue weighted by molar-refractivity contribution is 5.46. The van der Waals surface area contributed by atoms with Gasteiger partial charge < -0.3 is 5.32 Å². The van der Waals surface area contributed by atoms with Crippen LogP contribution >= 0.6 is 0 Å². The van der Waals surface area contributed by atoms with Crippen molar-refractivity contribution in [3.63, 3.8) is 0 Å². The molecule has 1 nitrogen and oxygen atoms in total. The molecule has 0 spiro atoms. The fourth-order valence-corrected chi connectivity index (χ4v) is 1.09. The summed E-state index contributed by atoms with van der Waals surface area (Å²) in [7, 11) is 0. The summed E-state index contributed by atoms with van der Waals surface area (Å²) in [6, 6.07) is 2.36. The highest BCUT2D eigenvalue weighted by Gasteiger charge is 2.05. The van der Waals surface area contributed by atoms with Gasteiger partial charge in [-0.3, -0.25) is 0 Å². The van der Waals surface area contributed by atoms with Crippen molar-refractivity contribution in [2.75, 3.05) is 11.9 Å². The van der Waals surface area contributed by atoms with E-state index >= 15 is 0 Å². The number of rotatable bonds is 4. The van der Waals surface area contributed by atoms with Gasteiger partial charge in [-0.1, -0.05) is 6.08 Å². The summed E-state index contributed by atoms with van der Waals surface area (Å²) in [6.07, 6.45) is 2.43. The molecule has 0 radical (unpaired) electrons. The SMILES string of the molecule is C=CCCNc1cc(F)c(C)cc1F. The van der Waals surface area contributed by atoms with Gasteiger partial charge in [0.15, 0.2) is 0 Å². The number of anilines is 1. The third-order valence-electron chi connectivity index (χ3n) is 1.91. The molecule has 0 heterocycles. The van der Waals surface area contributed by atoms with E-state index in [9.17, 15) is 8.78 Å². The highest BCUT2D eigenvalue weighted by Crippen LogP contribution is 2.18. The van der Waals surface area contributed by atoms with Crippen molar-refractivity contribution >= 4 is 5.69 Å². The minimum Gasteiger partial charge on any atom is -0.382 e. The molecule has 0 fully saturated rings. The van der Waals surface area contributed by atoms with Crippen molar-refractivity contribution < 1.29 is 8.78 Å². The first-order valence-electron chi connectivity index (χ1n) is 4.45. The van der Waals surface area contributed by atoms with Crippen LogP contribution in [-0.2, 0) is 0 Å². The number of nitrogens with one attached hydrogen (secondary N) is 1. The van der Waals surface area contributed by atoms with Gasteiger partial charge >= 0.3 is 0 Å². The summed E-state index contributed by atoms with van der Waals surface area (Å²) in [5.41, 5.74) is 0.520. The first-order chi connectivity index (χ1) is 6.65. The van der Waals surface area contributed by atoms with Gasteiger partial charge in [0.25, 0.3) is 0 Å². The highest BCUT2D eigenvalue weighted by atomic mass is 19.1. The van der Waals surface area contributed by atoms with Crippen molar-refractivity contribution in [2.24, 2.45) is 0 Å². The molecule has 1 aromatic carbocycles. The van der Waals surface area contributed by atoms with Gasteiger partial charge in [0.1, 0.15) is 11.6 Å². The van der Waals surface area contributed by atoms with E-state index in [-0.39, 0.29) is 5.69 Å². The lowest BCUT2D eigenvalue weighted by molar-refractivity contribution is 0.594. The molecule has 0 aliphatic rings. The molecule has 3 heteroatoms. The second-order valence-corrected chi connectivity index (χ2v) is 3.09. The van der Waals surface area contributed by atoms with E-state index in [4.69, 9.17) is 0 Å². The van der Waals surface area contributed by atoms with Crippen LogP contribution in [0.25, 0.3) is 0 Å². The van der Waals surface area contributed by atoms with Crippen molar-refractivity contribution in [2.45, 2.75) is 13.3 Å². The number of hydrogen-bond donors (Lipinski definition) is 1. The van der Waals surface area contributed by atoms with Crippen LogP contribution in [0.2, 0.25) is 0 Å². The zero-order valence-electron chi connectivity index (χ0n) is 8.11. The maximum Gasteiger partial charge on any atom is 0.146 e. The number of hydrogen-bond acceptors (Lipinski definition) is 1. The van der Waals surface area contributed by atoms with Crippen molar-refractivity contribution in [3.8, 4) is 0 Å². The minimum absolute atomic E-state index is 0.204. The van der Waals surface area contributed by atoms with Crippen LogP contribution in [0.15, 0.2) is 24.8 Å². The molecule has 14 heavy (non-hydrogen) atoms. The molecule has 0 unspecified atom stereocenters. The third-order valence-corrected chi connectivity index (χ3v) is 1.91. The van der Waals surface area contributed by atoms with Crippen LogP contribution in [0.5, 0.6) is 0 Å². The zero-order chi connectivity index (χ0) is 10.6. The van der Waals surface area contributed by atoms with Crippen LogP contribution in [0.4, 0.5) is 14.5 Å². The standard InChI is InChI=1S/C11H13F2N/c1-3-4-5-14-11-7-9(12)8(2)6-10(11)13/h3,6-7,14H,1,4-5H2,2H3. The topological polar surface area (TPSA) is 12.0 Å². The largest absolute Gasteiger partial charge is 0.382 e. The molecule has 1 aromatic rings. The molecule has 0 aromatic heterocycles. The van der Waals surface area contributed by atoms with E-state index in [1.54, 1.807) is 6.08 Å². The van der Waals surface area contributed by atoms with Crippen molar-refractivity contribution in [3.05, 3.63) is 42.0 Å². The molecule has 0 aliphatic carbocycles. The summed E-state index contributed by atoms with van der Waals surface area (Å²) in [6.45, 7) is 5.63. The first-order valence-corrected chi connectivity index (χ1v) is 4.45. The molecule has 0 saturated heterocycles. The number of benzene rings is 1. The van der Waals surface area contributed by atoms with Gasteiger partial charge in [-0.2, -0.15) is 0 Å². The maximum atomic E-state index is 13.2. The molecular weight excluding hydrogens is 184 g/mol. The van der Waals surface area contributed by atoms with Gasteiger partial charge in [-0.25, -0.2) is 8.78 Å². The Morgan fingerprint density at radius 2 is 2.07 bits per heavy atom. The summed E-state index contributed by atoms with van der Waals surface area (Å²) < 4.78 is 26.2. The second kappa shape index (κ2) is 4.74. The Balaban J connectivity index is 2.76. The van der Waals surface area contributed by atoms with Gasteiger partial charge in [0.2, 0.25) is 0 Å². The quantitative estimate of drug-likeness (QED) is 0.577. The predicted octanol–water partition coefficient (Wildman–Crippen LogP) is 3.26. The molecule has 0 bridgehead atoms. The van der Waals surface area contributed by atoms with Gasteiger partial charge in [-0.05, 0) is 25.0 Å².